The van der Waals surface area contributed by atoms with Crippen LogP contribution in [-0.2, 0) is 0 Å². The molecule has 0 radical (unpaired) electrons. The van der Waals surface area contributed by atoms with Crippen LogP contribution in [0.15, 0.2) is 113 Å². The van der Waals surface area contributed by atoms with Gasteiger partial charge in [0.15, 0.2) is 0 Å². The van der Waals surface area contributed by atoms with Gasteiger partial charge in [0.1, 0.15) is 0 Å². The van der Waals surface area contributed by atoms with Crippen LogP contribution in [0.4, 0.5) is 0 Å². The highest BCUT2D eigenvalue weighted by Crippen LogP contribution is 2.53. The minimum atomic E-state index is 0.164. The Labute approximate surface area is 271 Å². The molecule has 8 rings (SSSR count). The lowest BCUT2D eigenvalue weighted by Crippen LogP contribution is -2.70. The number of hydrogen-bond acceptors (Lipinski definition) is 3. The lowest BCUT2D eigenvalue weighted by atomic mass is 9.63. The smallest absolute Gasteiger partial charge is 0.0858 e. The van der Waals surface area contributed by atoms with Crippen LogP contribution in [0.1, 0.15) is 101 Å². The van der Waals surface area contributed by atoms with Crippen LogP contribution in [0, 0.1) is 17.8 Å². The summed E-state index contributed by atoms with van der Waals surface area (Å²) in [6.45, 7) is 2.39. The molecule has 0 spiro atoms. The van der Waals surface area contributed by atoms with Crippen LogP contribution < -0.4 is 16.0 Å². The van der Waals surface area contributed by atoms with Gasteiger partial charge in [-0.2, -0.15) is 0 Å². The quantitative estimate of drug-likeness (QED) is 0.317. The van der Waals surface area contributed by atoms with Crippen molar-refractivity contribution in [2.75, 3.05) is 0 Å². The number of allylic oxidation sites excluding steroid dienone is 13. The molecule has 45 heavy (non-hydrogen) atoms. The normalized spacial score (nSPS) is 34.7. The lowest BCUT2D eigenvalue weighted by molar-refractivity contribution is 0.155. The molecule has 3 N–H and O–H groups in total. The minimum absolute atomic E-state index is 0.164. The van der Waals surface area contributed by atoms with Gasteiger partial charge in [-0.15, -0.1) is 0 Å². The van der Waals surface area contributed by atoms with E-state index in [1.807, 2.05) is 0 Å². The fourth-order valence-corrected chi connectivity index (χ4v) is 9.51. The van der Waals surface area contributed by atoms with Crippen LogP contribution in [0.3, 0.4) is 0 Å². The highest BCUT2D eigenvalue weighted by atomic mass is 15.4. The summed E-state index contributed by atoms with van der Waals surface area (Å²) in [6, 6.07) is 9.51. The Balaban J connectivity index is 1.14. The Hall–Kier alpha value is -2.98. The van der Waals surface area contributed by atoms with Crippen LogP contribution in [0.2, 0.25) is 0 Å². The summed E-state index contributed by atoms with van der Waals surface area (Å²) in [4.78, 5) is 0. The van der Waals surface area contributed by atoms with Gasteiger partial charge in [0, 0.05) is 0 Å². The second-order valence-corrected chi connectivity index (χ2v) is 14.6. The summed E-state index contributed by atoms with van der Waals surface area (Å²) in [7, 11) is 0. The van der Waals surface area contributed by atoms with E-state index >= 15 is 0 Å². The van der Waals surface area contributed by atoms with E-state index in [1.165, 1.54) is 62.5 Å². The first-order valence-electron chi connectivity index (χ1n) is 18.1. The van der Waals surface area contributed by atoms with Gasteiger partial charge in [0.2, 0.25) is 0 Å². The third-order valence-corrected chi connectivity index (χ3v) is 11.9. The van der Waals surface area contributed by atoms with Crippen molar-refractivity contribution in [1.82, 2.24) is 16.0 Å². The summed E-state index contributed by atoms with van der Waals surface area (Å²) in [5.74, 6) is 2.17. The summed E-state index contributed by atoms with van der Waals surface area (Å²) in [5.41, 5.74) is 12.8. The first-order valence-corrected chi connectivity index (χ1v) is 18.1. The van der Waals surface area contributed by atoms with E-state index < -0.39 is 0 Å². The minimum Gasteiger partial charge on any atom is -0.283 e. The zero-order valence-electron chi connectivity index (χ0n) is 27.1. The molecular formula is C42H51N3. The maximum absolute atomic E-state index is 4.13. The number of rotatable bonds is 5. The SMILES string of the molecule is CC1CC=CC=C1C1NC(C2=CCCC=C2)NC(C2CC=C(C3=CC=CCC3)C(C3CC4=C(CCCC4)c4ccccc43)C2)N1. The third kappa shape index (κ3) is 5.88. The van der Waals surface area contributed by atoms with Crippen LogP contribution in [0.25, 0.3) is 5.57 Å². The van der Waals surface area contributed by atoms with Crippen molar-refractivity contribution in [3.63, 3.8) is 0 Å². The lowest BCUT2D eigenvalue weighted by Gasteiger charge is -2.47. The highest BCUT2D eigenvalue weighted by molar-refractivity contribution is 5.75. The van der Waals surface area contributed by atoms with E-state index in [-0.39, 0.29) is 18.5 Å². The van der Waals surface area contributed by atoms with Crippen molar-refractivity contribution in [1.29, 1.82) is 0 Å². The standard InChI is InChI=1S/C42H51N3/c1-28-14-8-10-20-33(28)42-44-40(30-17-6-3-7-18-30)43-41(45-42)32-24-25-35(29-15-4-2-5-16-29)38(27-32)39-26-31-19-9-11-21-34(31)36-22-12-13-23-37(36)39/h2,4,6,8,10,12-13,15,17-18,20,22-23,25,28,32,38-45H,3,5,7,9,11,14,16,19,21,24,26-27H2,1H3. The largest absolute Gasteiger partial charge is 0.283 e. The first-order chi connectivity index (χ1) is 22.2. The molecule has 7 aliphatic rings. The van der Waals surface area contributed by atoms with E-state index in [9.17, 15) is 0 Å². The number of benzene rings is 1. The van der Waals surface area contributed by atoms with Crippen LogP contribution >= 0.6 is 0 Å². The van der Waals surface area contributed by atoms with Gasteiger partial charge < -0.3 is 0 Å². The second-order valence-electron chi connectivity index (χ2n) is 14.6. The molecule has 0 amide bonds. The average Bonchev–Trinajstić information content (AvgIpc) is 3.12. The molecule has 234 valence electrons. The van der Waals surface area contributed by atoms with E-state index in [4.69, 9.17) is 0 Å². The Morgan fingerprint density at radius 2 is 1.64 bits per heavy atom. The molecule has 1 heterocycles. The predicted molar refractivity (Wildman–Crippen MR) is 188 cm³/mol. The molecule has 1 aliphatic heterocycles. The molecule has 3 heteroatoms. The third-order valence-electron chi connectivity index (χ3n) is 11.9. The van der Waals surface area contributed by atoms with E-state index in [1.54, 1.807) is 33.4 Å². The Morgan fingerprint density at radius 3 is 2.51 bits per heavy atom. The zero-order chi connectivity index (χ0) is 30.2. The molecule has 0 bridgehead atoms. The van der Waals surface area contributed by atoms with Crippen molar-refractivity contribution in [2.24, 2.45) is 17.8 Å². The van der Waals surface area contributed by atoms with Gasteiger partial charge in [-0.3, -0.25) is 16.0 Å². The highest BCUT2D eigenvalue weighted by Gasteiger charge is 2.42. The van der Waals surface area contributed by atoms with Crippen molar-refractivity contribution < 1.29 is 0 Å². The van der Waals surface area contributed by atoms with Crippen molar-refractivity contribution in [2.45, 2.75) is 108 Å². The monoisotopic (exact) mass is 597 g/mol. The average molecular weight is 598 g/mol. The van der Waals surface area contributed by atoms with Gasteiger partial charge in [-0.25, -0.2) is 0 Å². The molecule has 3 nitrogen and oxygen atoms in total. The van der Waals surface area contributed by atoms with Gasteiger partial charge >= 0.3 is 0 Å². The summed E-state index contributed by atoms with van der Waals surface area (Å²) < 4.78 is 0. The number of nitrogens with one attached hydrogen (secondary N) is 3. The predicted octanol–water partition coefficient (Wildman–Crippen LogP) is 9.29. The molecule has 1 fully saturated rings. The molecule has 0 aromatic heterocycles. The Morgan fingerprint density at radius 1 is 0.756 bits per heavy atom. The van der Waals surface area contributed by atoms with Gasteiger partial charge in [-0.05, 0) is 140 Å². The molecule has 6 aliphatic carbocycles. The maximum atomic E-state index is 4.13. The molecule has 1 saturated heterocycles. The molecule has 7 atom stereocenters. The van der Waals surface area contributed by atoms with Gasteiger partial charge in [-0.1, -0.05) is 97.5 Å². The topological polar surface area (TPSA) is 36.1 Å². The van der Waals surface area contributed by atoms with Gasteiger partial charge in [0.25, 0.3) is 0 Å². The van der Waals surface area contributed by atoms with Crippen molar-refractivity contribution in [3.05, 3.63) is 124 Å². The Kier molecular flexibility index (Phi) is 8.52. The summed E-state index contributed by atoms with van der Waals surface area (Å²) in [6.07, 6.45) is 39.1. The Bertz CT molecular complexity index is 1540. The fourth-order valence-electron chi connectivity index (χ4n) is 9.51. The molecule has 1 aromatic carbocycles. The fraction of sp³-hybridized carbons (Fsp3) is 0.476. The van der Waals surface area contributed by atoms with E-state index in [0.717, 1.165) is 25.7 Å². The number of fused-ring (bicyclic) bond motifs is 2. The zero-order valence-corrected chi connectivity index (χ0v) is 27.1. The molecular weight excluding hydrogens is 546 g/mol. The molecule has 0 saturated carbocycles. The van der Waals surface area contributed by atoms with Crippen LogP contribution in [0.5, 0.6) is 0 Å². The van der Waals surface area contributed by atoms with Crippen molar-refractivity contribution in [3.8, 4) is 0 Å². The molecule has 1 aromatic rings. The molecule has 7 unspecified atom stereocenters. The van der Waals surface area contributed by atoms with E-state index in [2.05, 4.69) is 108 Å². The first kappa shape index (κ1) is 29.4. The van der Waals surface area contributed by atoms with Crippen molar-refractivity contribution >= 4 is 5.57 Å². The second kappa shape index (κ2) is 13.0. The van der Waals surface area contributed by atoms with E-state index in [0.29, 0.717) is 23.7 Å². The van der Waals surface area contributed by atoms with Gasteiger partial charge in [0.05, 0.1) is 18.5 Å². The number of hydrogen-bond donors (Lipinski definition) is 3. The maximum Gasteiger partial charge on any atom is 0.0858 e. The summed E-state index contributed by atoms with van der Waals surface area (Å²) in [5, 5.41) is 12.2. The van der Waals surface area contributed by atoms with Crippen LogP contribution in [-0.4, -0.2) is 18.5 Å². The summed E-state index contributed by atoms with van der Waals surface area (Å²) >= 11 is 0.